The Hall–Kier alpha value is -3.23. The molecule has 0 radical (unpaired) electrons. The number of carbonyl (C=O) groups is 1. The predicted octanol–water partition coefficient (Wildman–Crippen LogP) is 2.14. The maximum Gasteiger partial charge on any atom is 0.303 e. The average Bonchev–Trinajstić information content (AvgIpc) is 3.10. The number of aromatic nitrogens is 3. The number of nitrogens with zero attached hydrogens (tertiary/aromatic N) is 3. The smallest absolute Gasteiger partial charge is 0.303 e. The van der Waals surface area contributed by atoms with Gasteiger partial charge in [-0.3, -0.25) is 14.9 Å². The Morgan fingerprint density at radius 3 is 3.00 bits per heavy atom. The summed E-state index contributed by atoms with van der Waals surface area (Å²) in [6.07, 6.45) is 0.0519. The first-order valence-corrected chi connectivity index (χ1v) is 6.35. The fraction of sp³-hybridized carbons (Fsp3) is 0.154. The molecule has 1 aromatic carbocycles. The normalized spacial score (nSPS) is 10.9. The highest BCUT2D eigenvalue weighted by atomic mass is 16.6. The van der Waals surface area contributed by atoms with Crippen LogP contribution in [-0.2, 0) is 11.2 Å². The zero-order valence-corrected chi connectivity index (χ0v) is 11.1. The van der Waals surface area contributed by atoms with E-state index in [9.17, 15) is 14.9 Å². The van der Waals surface area contributed by atoms with Crippen molar-refractivity contribution in [1.29, 1.82) is 0 Å². The lowest BCUT2D eigenvalue weighted by Gasteiger charge is -1.92. The number of aliphatic carboxylic acids is 1. The van der Waals surface area contributed by atoms with Gasteiger partial charge in [0.1, 0.15) is 11.2 Å². The number of fused-ring (bicyclic) bond motifs is 1. The maximum absolute atomic E-state index is 11.0. The topological polar surface area (TPSA) is 135 Å². The number of benzene rings is 1. The van der Waals surface area contributed by atoms with E-state index in [4.69, 9.17) is 9.63 Å². The molecule has 0 aliphatic rings. The minimum Gasteiger partial charge on any atom is -0.481 e. The predicted molar refractivity (Wildman–Crippen MR) is 74.2 cm³/mol. The quantitative estimate of drug-likeness (QED) is 0.544. The monoisotopic (exact) mass is 302 g/mol. The van der Waals surface area contributed by atoms with Crippen LogP contribution in [0.2, 0.25) is 0 Å². The van der Waals surface area contributed by atoms with E-state index in [2.05, 4.69) is 15.1 Å². The lowest BCUT2D eigenvalue weighted by atomic mass is 10.2. The molecule has 2 heterocycles. The third-order valence-electron chi connectivity index (χ3n) is 3.09. The number of nitro benzene ring substituents is 1. The van der Waals surface area contributed by atoms with E-state index in [-0.39, 0.29) is 30.2 Å². The number of aryl methyl sites for hydroxylation is 1. The van der Waals surface area contributed by atoms with Crippen molar-refractivity contribution in [3.8, 4) is 11.6 Å². The van der Waals surface area contributed by atoms with E-state index in [1.807, 2.05) is 0 Å². The van der Waals surface area contributed by atoms with E-state index in [1.54, 1.807) is 18.2 Å². The zero-order chi connectivity index (χ0) is 15.7. The molecule has 0 unspecified atom stereocenters. The van der Waals surface area contributed by atoms with Crippen LogP contribution >= 0.6 is 0 Å². The summed E-state index contributed by atoms with van der Waals surface area (Å²) in [6.45, 7) is 0. The minimum absolute atomic E-state index is 0.0469. The molecule has 0 spiro atoms. The molecule has 0 saturated carbocycles. The lowest BCUT2D eigenvalue weighted by molar-refractivity contribution is -0.383. The summed E-state index contributed by atoms with van der Waals surface area (Å²) < 4.78 is 5.06. The van der Waals surface area contributed by atoms with Crippen molar-refractivity contribution < 1.29 is 19.3 Å². The van der Waals surface area contributed by atoms with Gasteiger partial charge in [0, 0.05) is 17.9 Å². The third kappa shape index (κ3) is 2.51. The average molecular weight is 302 g/mol. The van der Waals surface area contributed by atoms with Crippen molar-refractivity contribution in [1.82, 2.24) is 15.1 Å². The van der Waals surface area contributed by atoms with Crippen LogP contribution in [0.1, 0.15) is 12.2 Å². The van der Waals surface area contributed by atoms with Gasteiger partial charge in [-0.1, -0.05) is 17.3 Å². The molecule has 22 heavy (non-hydrogen) atoms. The fourth-order valence-electron chi connectivity index (χ4n) is 2.09. The molecule has 0 aliphatic carbocycles. The van der Waals surface area contributed by atoms with Crippen LogP contribution in [0.5, 0.6) is 0 Å². The van der Waals surface area contributed by atoms with Gasteiger partial charge in [0.2, 0.25) is 0 Å². The number of carboxylic acids is 1. The Bertz CT molecular complexity index is 866. The van der Waals surface area contributed by atoms with E-state index in [0.717, 1.165) is 0 Å². The second kappa shape index (κ2) is 5.28. The van der Waals surface area contributed by atoms with Gasteiger partial charge in [-0.25, -0.2) is 0 Å². The van der Waals surface area contributed by atoms with Crippen LogP contribution in [0.4, 0.5) is 5.69 Å². The zero-order valence-electron chi connectivity index (χ0n) is 11.1. The van der Waals surface area contributed by atoms with Gasteiger partial charge in [-0.15, -0.1) is 0 Å². The molecule has 0 aliphatic heterocycles. The Balaban J connectivity index is 1.95. The number of nitrogens with one attached hydrogen (secondary N) is 1. The van der Waals surface area contributed by atoms with Crippen molar-refractivity contribution in [3.05, 3.63) is 40.2 Å². The first-order chi connectivity index (χ1) is 10.5. The van der Waals surface area contributed by atoms with E-state index in [0.29, 0.717) is 16.6 Å². The van der Waals surface area contributed by atoms with E-state index in [1.165, 1.54) is 6.07 Å². The van der Waals surface area contributed by atoms with Gasteiger partial charge in [0.15, 0.2) is 5.82 Å². The Labute approximate surface area is 122 Å². The van der Waals surface area contributed by atoms with Crippen LogP contribution in [-0.4, -0.2) is 31.1 Å². The number of hydrogen-bond donors (Lipinski definition) is 2. The summed E-state index contributed by atoms with van der Waals surface area (Å²) in [5, 5.41) is 23.9. The summed E-state index contributed by atoms with van der Waals surface area (Å²) in [4.78, 5) is 28.0. The number of nitro groups is 1. The first-order valence-electron chi connectivity index (χ1n) is 6.35. The van der Waals surface area contributed by atoms with Gasteiger partial charge in [-0.05, 0) is 6.07 Å². The Morgan fingerprint density at radius 1 is 1.45 bits per heavy atom. The third-order valence-corrected chi connectivity index (χ3v) is 3.09. The highest BCUT2D eigenvalue weighted by Gasteiger charge is 2.17. The second-order valence-electron chi connectivity index (χ2n) is 4.59. The van der Waals surface area contributed by atoms with Gasteiger partial charge in [-0.2, -0.15) is 4.98 Å². The molecule has 0 amide bonds. The number of aromatic amines is 1. The largest absolute Gasteiger partial charge is 0.481 e. The lowest BCUT2D eigenvalue weighted by Crippen LogP contribution is -1.98. The highest BCUT2D eigenvalue weighted by molar-refractivity contribution is 5.91. The van der Waals surface area contributed by atoms with Crippen molar-refractivity contribution in [3.63, 3.8) is 0 Å². The van der Waals surface area contributed by atoms with Crippen LogP contribution in [0.15, 0.2) is 28.8 Å². The molecule has 9 nitrogen and oxygen atoms in total. The summed E-state index contributed by atoms with van der Waals surface area (Å²) in [7, 11) is 0. The molecule has 0 saturated heterocycles. The molecule has 3 rings (SSSR count). The molecule has 0 bridgehead atoms. The SMILES string of the molecule is O=C(O)CCc1noc(-c2cc3cccc([N+](=O)[O-])c3[nH]2)n1. The summed E-state index contributed by atoms with van der Waals surface area (Å²) in [5.74, 6) is -0.524. The van der Waals surface area contributed by atoms with E-state index >= 15 is 0 Å². The first kappa shape index (κ1) is 13.7. The van der Waals surface area contributed by atoms with Crippen molar-refractivity contribution in [2.45, 2.75) is 12.8 Å². The fourth-order valence-corrected chi connectivity index (χ4v) is 2.09. The molecule has 0 atom stereocenters. The van der Waals surface area contributed by atoms with Crippen LogP contribution in [0, 0.1) is 10.1 Å². The van der Waals surface area contributed by atoms with Gasteiger partial charge in [0.25, 0.3) is 11.6 Å². The van der Waals surface area contributed by atoms with Crippen molar-refractivity contribution >= 4 is 22.6 Å². The number of carboxylic acid groups (broad SMARTS) is 1. The number of non-ortho nitro benzene ring substituents is 1. The van der Waals surface area contributed by atoms with Crippen LogP contribution < -0.4 is 0 Å². The Kier molecular flexibility index (Phi) is 3.30. The summed E-state index contributed by atoms with van der Waals surface area (Å²) >= 11 is 0. The molecular formula is C13H10N4O5. The number of rotatable bonds is 5. The number of para-hydroxylation sites is 1. The molecule has 2 N–H and O–H groups in total. The molecule has 9 heteroatoms. The van der Waals surface area contributed by atoms with Crippen LogP contribution in [0.3, 0.4) is 0 Å². The molecule has 3 aromatic rings. The molecule has 0 fully saturated rings. The Morgan fingerprint density at radius 2 is 2.27 bits per heavy atom. The van der Waals surface area contributed by atoms with E-state index < -0.39 is 10.9 Å². The standard InChI is InChI=1S/C13H10N4O5/c18-11(19)5-4-10-15-13(22-16-10)8-6-7-2-1-3-9(17(20)21)12(7)14-8/h1-3,6,14H,4-5H2,(H,18,19). The number of hydrogen-bond acceptors (Lipinski definition) is 6. The summed E-state index contributed by atoms with van der Waals surface area (Å²) in [5.41, 5.74) is 0.764. The highest BCUT2D eigenvalue weighted by Crippen LogP contribution is 2.29. The van der Waals surface area contributed by atoms with Gasteiger partial charge < -0.3 is 14.6 Å². The van der Waals surface area contributed by atoms with Gasteiger partial charge in [0.05, 0.1) is 11.3 Å². The summed E-state index contributed by atoms with van der Waals surface area (Å²) in [6, 6.07) is 6.37. The van der Waals surface area contributed by atoms with Crippen molar-refractivity contribution in [2.24, 2.45) is 0 Å². The second-order valence-corrected chi connectivity index (χ2v) is 4.59. The maximum atomic E-state index is 11.0. The van der Waals surface area contributed by atoms with Crippen molar-refractivity contribution in [2.75, 3.05) is 0 Å². The number of H-pyrrole nitrogens is 1. The molecular weight excluding hydrogens is 292 g/mol. The molecule has 2 aromatic heterocycles. The van der Waals surface area contributed by atoms with Gasteiger partial charge >= 0.3 is 5.97 Å². The van der Waals surface area contributed by atoms with Crippen LogP contribution in [0.25, 0.3) is 22.5 Å². The minimum atomic E-state index is -0.951. The molecule has 112 valence electrons.